The van der Waals surface area contributed by atoms with Crippen molar-refractivity contribution < 1.29 is 14.0 Å². The van der Waals surface area contributed by atoms with Crippen molar-refractivity contribution in [2.75, 3.05) is 0 Å². The van der Waals surface area contributed by atoms with Crippen LogP contribution < -0.4 is 10.6 Å². The first-order valence-electron chi connectivity index (χ1n) is 7.44. The van der Waals surface area contributed by atoms with E-state index >= 15 is 0 Å². The molecule has 7 nitrogen and oxygen atoms in total. The maximum Gasteiger partial charge on any atom is 0.284 e. The number of hydrogen-bond donors (Lipinski definition) is 3. The molecule has 0 saturated heterocycles. The molecule has 0 radical (unpaired) electrons. The molecule has 0 aliphatic rings. The van der Waals surface area contributed by atoms with Crippen LogP contribution in [0.25, 0.3) is 11.5 Å². The molecule has 128 valence electrons. The fourth-order valence-electron chi connectivity index (χ4n) is 1.94. The molecule has 2 amide bonds. The smallest absolute Gasteiger partial charge is 0.284 e. The maximum atomic E-state index is 12.2. The minimum atomic E-state index is -0.638. The SMILES string of the molecule is CC(NC(=O)c1ccc(-c2n[nH]c(=S)o2)cc1)C(=O)NC(C)(C)C. The molecule has 0 bridgehead atoms. The molecule has 1 atom stereocenters. The fraction of sp³-hybridized carbons (Fsp3) is 0.375. The predicted octanol–water partition coefficient (Wildman–Crippen LogP) is 2.43. The highest BCUT2D eigenvalue weighted by atomic mass is 32.1. The lowest BCUT2D eigenvalue weighted by Gasteiger charge is -2.23. The average Bonchev–Trinajstić information content (AvgIpc) is 2.92. The zero-order valence-electron chi connectivity index (χ0n) is 14.0. The van der Waals surface area contributed by atoms with E-state index in [4.69, 9.17) is 16.6 Å². The van der Waals surface area contributed by atoms with Gasteiger partial charge in [0.25, 0.3) is 10.7 Å². The van der Waals surface area contributed by atoms with Gasteiger partial charge in [0.05, 0.1) is 0 Å². The summed E-state index contributed by atoms with van der Waals surface area (Å²) in [6.45, 7) is 7.28. The van der Waals surface area contributed by atoms with Gasteiger partial charge >= 0.3 is 0 Å². The number of carbonyl (C=O) groups excluding carboxylic acids is 2. The molecule has 1 aromatic carbocycles. The summed E-state index contributed by atoms with van der Waals surface area (Å²) in [6, 6.07) is 6.02. The highest BCUT2D eigenvalue weighted by Crippen LogP contribution is 2.17. The van der Waals surface area contributed by atoms with E-state index in [0.717, 1.165) is 0 Å². The van der Waals surface area contributed by atoms with Crippen molar-refractivity contribution in [3.05, 3.63) is 34.7 Å². The Bertz CT molecular complexity index is 787. The van der Waals surface area contributed by atoms with Crippen LogP contribution in [0.5, 0.6) is 0 Å². The van der Waals surface area contributed by atoms with E-state index in [0.29, 0.717) is 17.0 Å². The first kappa shape index (κ1) is 17.9. The van der Waals surface area contributed by atoms with Gasteiger partial charge in [-0.25, -0.2) is 5.10 Å². The fourth-order valence-corrected chi connectivity index (χ4v) is 2.07. The number of benzene rings is 1. The topological polar surface area (TPSA) is 100 Å². The Kier molecular flexibility index (Phi) is 5.18. The van der Waals surface area contributed by atoms with Gasteiger partial charge in [0.2, 0.25) is 11.8 Å². The van der Waals surface area contributed by atoms with Crippen LogP contribution in [0, 0.1) is 4.84 Å². The molecular weight excluding hydrogens is 328 g/mol. The summed E-state index contributed by atoms with van der Waals surface area (Å²) in [6.07, 6.45) is 0. The van der Waals surface area contributed by atoms with E-state index in [1.54, 1.807) is 31.2 Å². The molecule has 1 heterocycles. The van der Waals surface area contributed by atoms with Crippen LogP contribution >= 0.6 is 12.2 Å². The van der Waals surface area contributed by atoms with Crippen molar-refractivity contribution in [2.24, 2.45) is 0 Å². The highest BCUT2D eigenvalue weighted by Gasteiger charge is 2.21. The lowest BCUT2D eigenvalue weighted by Crippen LogP contribution is -2.50. The summed E-state index contributed by atoms with van der Waals surface area (Å²) in [5.74, 6) is -0.216. The Morgan fingerprint density at radius 2 is 1.88 bits per heavy atom. The number of aromatic amines is 1. The first-order valence-corrected chi connectivity index (χ1v) is 7.85. The van der Waals surface area contributed by atoms with Gasteiger partial charge in [-0.2, -0.15) is 0 Å². The van der Waals surface area contributed by atoms with Gasteiger partial charge in [-0.1, -0.05) is 0 Å². The molecule has 24 heavy (non-hydrogen) atoms. The third kappa shape index (κ3) is 4.76. The lowest BCUT2D eigenvalue weighted by atomic mass is 10.1. The zero-order chi connectivity index (χ0) is 17.9. The monoisotopic (exact) mass is 348 g/mol. The van der Waals surface area contributed by atoms with Crippen LogP contribution in [0.3, 0.4) is 0 Å². The minimum absolute atomic E-state index is 0.186. The standard InChI is InChI=1S/C16H20N4O3S/c1-9(12(21)18-16(2,3)4)17-13(22)10-5-7-11(8-6-10)14-19-20-15(24)23-14/h5-9H,1-4H3,(H,17,22)(H,18,21)(H,20,24). The second-order valence-corrected chi connectivity index (χ2v) is 6.80. The molecule has 0 fully saturated rings. The Labute approximate surface area is 144 Å². The molecule has 0 spiro atoms. The second kappa shape index (κ2) is 6.96. The van der Waals surface area contributed by atoms with Gasteiger partial charge in [-0.15, -0.1) is 5.10 Å². The van der Waals surface area contributed by atoms with Crippen LogP contribution in [-0.4, -0.2) is 33.6 Å². The number of hydrogen-bond acceptors (Lipinski definition) is 5. The molecule has 8 heteroatoms. The van der Waals surface area contributed by atoms with Crippen molar-refractivity contribution in [2.45, 2.75) is 39.3 Å². The number of carbonyl (C=O) groups is 2. The summed E-state index contributed by atoms with van der Waals surface area (Å²) in [5.41, 5.74) is 0.773. The van der Waals surface area contributed by atoms with Gasteiger partial charge in [-0.3, -0.25) is 9.59 Å². The van der Waals surface area contributed by atoms with Crippen LogP contribution in [0.15, 0.2) is 28.7 Å². The molecule has 2 rings (SSSR count). The largest absolute Gasteiger partial charge is 0.409 e. The van der Waals surface area contributed by atoms with Crippen molar-refractivity contribution in [3.63, 3.8) is 0 Å². The van der Waals surface area contributed by atoms with Gasteiger partial charge in [0, 0.05) is 16.7 Å². The normalized spacial score (nSPS) is 12.5. The number of amides is 2. The highest BCUT2D eigenvalue weighted by molar-refractivity contribution is 7.71. The van der Waals surface area contributed by atoms with Crippen LogP contribution in [0.1, 0.15) is 38.1 Å². The van der Waals surface area contributed by atoms with E-state index in [2.05, 4.69) is 20.8 Å². The Hall–Kier alpha value is -2.48. The average molecular weight is 348 g/mol. The number of nitrogens with zero attached hydrogens (tertiary/aromatic N) is 1. The molecule has 0 saturated carbocycles. The molecule has 0 aliphatic carbocycles. The van der Waals surface area contributed by atoms with E-state index in [1.807, 2.05) is 20.8 Å². The summed E-state index contributed by atoms with van der Waals surface area (Å²) < 4.78 is 5.21. The molecular formula is C16H20N4O3S. The third-order valence-corrected chi connectivity index (χ3v) is 3.25. The van der Waals surface area contributed by atoms with Crippen LogP contribution in [-0.2, 0) is 4.79 Å². The number of rotatable bonds is 4. The predicted molar refractivity (Wildman–Crippen MR) is 91.9 cm³/mol. The lowest BCUT2D eigenvalue weighted by molar-refractivity contribution is -0.124. The Morgan fingerprint density at radius 1 is 1.25 bits per heavy atom. The van der Waals surface area contributed by atoms with Crippen molar-refractivity contribution in [1.29, 1.82) is 0 Å². The van der Waals surface area contributed by atoms with E-state index in [9.17, 15) is 9.59 Å². The first-order chi connectivity index (χ1) is 11.2. The molecule has 0 aliphatic heterocycles. The van der Waals surface area contributed by atoms with E-state index in [-0.39, 0.29) is 22.2 Å². The summed E-state index contributed by atoms with van der Waals surface area (Å²) in [5, 5.41) is 11.9. The van der Waals surface area contributed by atoms with Crippen LogP contribution in [0.4, 0.5) is 0 Å². The van der Waals surface area contributed by atoms with Crippen molar-refractivity contribution in [1.82, 2.24) is 20.8 Å². The molecule has 1 aromatic heterocycles. The molecule has 3 N–H and O–H groups in total. The quantitative estimate of drug-likeness (QED) is 0.737. The molecule has 2 aromatic rings. The van der Waals surface area contributed by atoms with Gasteiger partial charge in [0.15, 0.2) is 0 Å². The number of H-pyrrole nitrogens is 1. The zero-order valence-corrected chi connectivity index (χ0v) is 14.8. The minimum Gasteiger partial charge on any atom is -0.409 e. The molecule has 1 unspecified atom stereocenters. The van der Waals surface area contributed by atoms with Crippen LogP contribution in [0.2, 0.25) is 0 Å². The number of aromatic nitrogens is 2. The van der Waals surface area contributed by atoms with Gasteiger partial charge < -0.3 is 15.1 Å². The third-order valence-electron chi connectivity index (χ3n) is 3.07. The summed E-state index contributed by atoms with van der Waals surface area (Å²) in [4.78, 5) is 24.4. The van der Waals surface area contributed by atoms with Gasteiger partial charge in [-0.05, 0) is 64.2 Å². The van der Waals surface area contributed by atoms with Crippen molar-refractivity contribution >= 4 is 24.0 Å². The number of nitrogens with one attached hydrogen (secondary N) is 3. The maximum absolute atomic E-state index is 12.2. The summed E-state index contributed by atoms with van der Waals surface area (Å²) >= 11 is 4.82. The Morgan fingerprint density at radius 3 is 2.38 bits per heavy atom. The summed E-state index contributed by atoms with van der Waals surface area (Å²) in [7, 11) is 0. The van der Waals surface area contributed by atoms with E-state index < -0.39 is 6.04 Å². The van der Waals surface area contributed by atoms with E-state index in [1.165, 1.54) is 0 Å². The second-order valence-electron chi connectivity index (χ2n) is 6.43. The Balaban J connectivity index is 2.02. The van der Waals surface area contributed by atoms with Gasteiger partial charge in [0.1, 0.15) is 6.04 Å². The van der Waals surface area contributed by atoms with Crippen molar-refractivity contribution in [3.8, 4) is 11.5 Å².